The van der Waals surface area contributed by atoms with Crippen molar-refractivity contribution in [2.45, 2.75) is 13.0 Å². The average molecular weight is 340 g/mol. The highest BCUT2D eigenvalue weighted by molar-refractivity contribution is 5.85. The van der Waals surface area contributed by atoms with Gasteiger partial charge in [0.2, 0.25) is 11.8 Å². The Labute approximate surface area is 145 Å². The number of benzene rings is 1. The molecule has 0 unspecified atom stereocenters. The first-order valence-corrected chi connectivity index (χ1v) is 8.43. The minimum Gasteiger partial charge on any atom is -0.441 e. The maximum atomic E-state index is 12.5. The summed E-state index contributed by atoms with van der Waals surface area (Å²) in [4.78, 5) is 34.0. The van der Waals surface area contributed by atoms with E-state index in [2.05, 4.69) is 4.98 Å². The van der Waals surface area contributed by atoms with Gasteiger partial charge in [0.15, 0.2) is 0 Å². The first-order valence-electron chi connectivity index (χ1n) is 8.43. The molecule has 0 atom stereocenters. The number of fused-ring (bicyclic) bond motifs is 1. The Kier molecular flexibility index (Phi) is 3.91. The van der Waals surface area contributed by atoms with Gasteiger partial charge in [0.25, 0.3) is 0 Å². The number of hydrogen-bond acceptors (Lipinski definition) is 4. The second-order valence-electron chi connectivity index (χ2n) is 6.45. The van der Waals surface area contributed by atoms with Gasteiger partial charge in [-0.05, 0) is 12.1 Å². The molecule has 3 amide bonds. The van der Waals surface area contributed by atoms with Crippen LogP contribution in [0.1, 0.15) is 11.5 Å². The van der Waals surface area contributed by atoms with Crippen LogP contribution in [-0.2, 0) is 17.8 Å². The number of hydrogen-bond donors (Lipinski definition) is 0. The number of carbonyl (C=O) groups is 2. The van der Waals surface area contributed by atoms with Gasteiger partial charge in [0.1, 0.15) is 18.0 Å². The van der Waals surface area contributed by atoms with E-state index in [0.29, 0.717) is 38.5 Å². The van der Waals surface area contributed by atoms with E-state index in [4.69, 9.17) is 4.42 Å². The molecule has 1 fully saturated rings. The van der Waals surface area contributed by atoms with Gasteiger partial charge in [0.05, 0.1) is 6.54 Å². The van der Waals surface area contributed by atoms with Crippen LogP contribution >= 0.6 is 0 Å². The van der Waals surface area contributed by atoms with Crippen molar-refractivity contribution in [1.29, 1.82) is 0 Å². The Morgan fingerprint density at radius 3 is 2.72 bits per heavy atom. The van der Waals surface area contributed by atoms with Gasteiger partial charge >= 0.3 is 6.03 Å². The number of likely N-dealkylation sites (N-methyl/N-ethyl adjacent to an activating group) is 1. The van der Waals surface area contributed by atoms with Gasteiger partial charge < -0.3 is 19.1 Å². The van der Waals surface area contributed by atoms with E-state index >= 15 is 0 Å². The topological polar surface area (TPSA) is 69.9 Å². The smallest absolute Gasteiger partial charge is 0.320 e. The molecule has 25 heavy (non-hydrogen) atoms. The van der Waals surface area contributed by atoms with Crippen LogP contribution in [0.5, 0.6) is 0 Å². The Morgan fingerprint density at radius 1 is 1.20 bits per heavy atom. The molecule has 0 bridgehead atoms. The largest absolute Gasteiger partial charge is 0.441 e. The lowest BCUT2D eigenvalue weighted by Gasteiger charge is -2.27. The molecule has 1 saturated heterocycles. The zero-order valence-corrected chi connectivity index (χ0v) is 14.1. The van der Waals surface area contributed by atoms with E-state index in [-0.39, 0.29) is 18.5 Å². The number of rotatable bonds is 3. The third kappa shape index (κ3) is 2.97. The highest BCUT2D eigenvalue weighted by Gasteiger charge is 2.31. The standard InChI is InChI=1S/C18H20N4O3/c1-20-9-10-22(18(20)24)12-16(23)21-8-7-15-14(11-21)19-17(25-15)13-5-3-2-4-6-13/h2-6H,7-12H2,1H3. The van der Waals surface area contributed by atoms with E-state index in [0.717, 1.165) is 17.0 Å². The summed E-state index contributed by atoms with van der Waals surface area (Å²) in [6, 6.07) is 9.66. The molecule has 130 valence electrons. The van der Waals surface area contributed by atoms with Crippen LogP contribution in [0.2, 0.25) is 0 Å². The molecule has 0 spiro atoms. The number of amides is 3. The van der Waals surface area contributed by atoms with Crippen LogP contribution in [0.25, 0.3) is 11.5 Å². The molecule has 3 heterocycles. The number of carbonyl (C=O) groups excluding carboxylic acids is 2. The van der Waals surface area contributed by atoms with Gasteiger partial charge in [-0.3, -0.25) is 4.79 Å². The van der Waals surface area contributed by atoms with Crippen molar-refractivity contribution in [3.05, 3.63) is 41.8 Å². The molecular weight excluding hydrogens is 320 g/mol. The molecule has 1 aromatic heterocycles. The fraction of sp³-hybridized carbons (Fsp3) is 0.389. The van der Waals surface area contributed by atoms with Crippen molar-refractivity contribution >= 4 is 11.9 Å². The zero-order valence-electron chi connectivity index (χ0n) is 14.1. The second kappa shape index (κ2) is 6.23. The number of aromatic nitrogens is 1. The van der Waals surface area contributed by atoms with Gasteiger partial charge in [-0.15, -0.1) is 0 Å². The summed E-state index contributed by atoms with van der Waals surface area (Å²) in [5.74, 6) is 1.40. The summed E-state index contributed by atoms with van der Waals surface area (Å²) in [7, 11) is 1.75. The highest BCUT2D eigenvalue weighted by atomic mass is 16.4. The van der Waals surface area contributed by atoms with Crippen LogP contribution in [0.3, 0.4) is 0 Å². The molecule has 0 aliphatic carbocycles. The third-order valence-electron chi connectivity index (χ3n) is 4.73. The average Bonchev–Trinajstić information content (AvgIpc) is 3.20. The summed E-state index contributed by atoms with van der Waals surface area (Å²) in [6.45, 7) is 2.42. The lowest BCUT2D eigenvalue weighted by atomic mass is 10.1. The molecule has 2 aliphatic rings. The highest BCUT2D eigenvalue weighted by Crippen LogP contribution is 2.26. The van der Waals surface area contributed by atoms with Crippen molar-refractivity contribution in [1.82, 2.24) is 19.7 Å². The number of nitrogens with zero attached hydrogens (tertiary/aromatic N) is 4. The van der Waals surface area contributed by atoms with Gasteiger partial charge in [0, 0.05) is 38.7 Å². The molecule has 0 saturated carbocycles. The molecule has 1 aromatic carbocycles. The van der Waals surface area contributed by atoms with Crippen molar-refractivity contribution in [3.63, 3.8) is 0 Å². The summed E-state index contributed by atoms with van der Waals surface area (Å²) in [5, 5.41) is 0. The van der Waals surface area contributed by atoms with E-state index in [1.54, 1.807) is 21.7 Å². The molecule has 2 aliphatic heterocycles. The summed E-state index contributed by atoms with van der Waals surface area (Å²) >= 11 is 0. The van der Waals surface area contributed by atoms with Gasteiger partial charge in [-0.1, -0.05) is 18.2 Å². The summed E-state index contributed by atoms with van der Waals surface area (Å²) in [5.41, 5.74) is 1.74. The quantitative estimate of drug-likeness (QED) is 0.851. The van der Waals surface area contributed by atoms with Gasteiger partial charge in [-0.25, -0.2) is 9.78 Å². The van der Waals surface area contributed by atoms with Crippen molar-refractivity contribution in [2.75, 3.05) is 33.2 Å². The van der Waals surface area contributed by atoms with Crippen LogP contribution in [0.4, 0.5) is 4.79 Å². The normalized spacial score (nSPS) is 17.2. The van der Waals surface area contributed by atoms with Gasteiger partial charge in [-0.2, -0.15) is 0 Å². The van der Waals surface area contributed by atoms with Crippen molar-refractivity contribution < 1.29 is 14.0 Å². The van der Waals surface area contributed by atoms with Crippen LogP contribution in [0, 0.1) is 0 Å². The Morgan fingerprint density at radius 2 is 2.00 bits per heavy atom. The fourth-order valence-corrected chi connectivity index (χ4v) is 3.23. The fourth-order valence-electron chi connectivity index (χ4n) is 3.23. The molecule has 0 radical (unpaired) electrons. The van der Waals surface area contributed by atoms with Crippen LogP contribution < -0.4 is 0 Å². The predicted molar refractivity (Wildman–Crippen MR) is 90.7 cm³/mol. The Balaban J connectivity index is 1.45. The number of oxazole rings is 1. The minimum atomic E-state index is -0.0844. The Hall–Kier alpha value is -2.83. The van der Waals surface area contributed by atoms with Crippen LogP contribution in [0.15, 0.2) is 34.7 Å². The predicted octanol–water partition coefficient (Wildman–Crippen LogP) is 1.59. The van der Waals surface area contributed by atoms with Crippen LogP contribution in [-0.4, -0.2) is 64.8 Å². The third-order valence-corrected chi connectivity index (χ3v) is 4.73. The lowest BCUT2D eigenvalue weighted by Crippen LogP contribution is -2.43. The first-order chi connectivity index (χ1) is 12.1. The first kappa shape index (κ1) is 15.7. The SMILES string of the molecule is CN1CCN(CC(=O)N2CCc3oc(-c4ccccc4)nc3C2)C1=O. The van der Waals surface area contributed by atoms with E-state index in [9.17, 15) is 9.59 Å². The summed E-state index contributed by atoms with van der Waals surface area (Å²) in [6.07, 6.45) is 0.648. The zero-order chi connectivity index (χ0) is 17.4. The van der Waals surface area contributed by atoms with Crippen molar-refractivity contribution in [3.8, 4) is 11.5 Å². The maximum absolute atomic E-state index is 12.5. The summed E-state index contributed by atoms with van der Waals surface area (Å²) < 4.78 is 5.86. The lowest BCUT2D eigenvalue weighted by molar-refractivity contribution is -0.132. The molecule has 2 aromatic rings. The Bertz CT molecular complexity index is 802. The second-order valence-corrected chi connectivity index (χ2v) is 6.45. The monoisotopic (exact) mass is 340 g/mol. The van der Waals surface area contributed by atoms with Crippen molar-refractivity contribution in [2.24, 2.45) is 0 Å². The minimum absolute atomic E-state index is 0.0430. The number of urea groups is 1. The van der Waals surface area contributed by atoms with E-state index < -0.39 is 0 Å². The van der Waals surface area contributed by atoms with E-state index in [1.807, 2.05) is 30.3 Å². The molecule has 7 nitrogen and oxygen atoms in total. The van der Waals surface area contributed by atoms with E-state index in [1.165, 1.54) is 0 Å². The molecule has 0 N–H and O–H groups in total. The molecular formula is C18H20N4O3. The molecule has 7 heteroatoms. The maximum Gasteiger partial charge on any atom is 0.320 e. The molecule has 4 rings (SSSR count).